The molecule has 19 heavy (non-hydrogen) atoms. The van der Waals surface area contributed by atoms with Crippen molar-refractivity contribution in [1.82, 2.24) is 5.32 Å². The van der Waals surface area contributed by atoms with Crippen LogP contribution in [0.4, 0.5) is 8.78 Å². The van der Waals surface area contributed by atoms with Gasteiger partial charge < -0.3 is 5.32 Å². The van der Waals surface area contributed by atoms with E-state index in [1.54, 1.807) is 12.1 Å². The van der Waals surface area contributed by atoms with Crippen molar-refractivity contribution in [3.8, 4) is 0 Å². The molecule has 1 N–H and O–H groups in total. The molecular formula is C15H14BrF2N. The first-order valence-corrected chi connectivity index (χ1v) is 6.75. The molecule has 2 aromatic carbocycles. The van der Waals surface area contributed by atoms with Gasteiger partial charge in [0.2, 0.25) is 0 Å². The summed E-state index contributed by atoms with van der Waals surface area (Å²) in [4.78, 5) is 0. The second kappa shape index (κ2) is 6.26. The fourth-order valence-electron chi connectivity index (χ4n) is 1.84. The fraction of sp³-hybridized carbons (Fsp3) is 0.200. The number of hydrogen-bond acceptors (Lipinski definition) is 1. The van der Waals surface area contributed by atoms with E-state index in [2.05, 4.69) is 21.2 Å². The summed E-state index contributed by atoms with van der Waals surface area (Å²) in [5.41, 5.74) is 2.79. The summed E-state index contributed by atoms with van der Waals surface area (Å²) in [6.07, 6.45) is 0. The van der Waals surface area contributed by atoms with Crippen molar-refractivity contribution in [2.24, 2.45) is 0 Å². The second-order valence-corrected chi connectivity index (χ2v) is 5.26. The largest absolute Gasteiger partial charge is 0.309 e. The minimum Gasteiger partial charge on any atom is -0.309 e. The van der Waals surface area contributed by atoms with Gasteiger partial charge in [0.05, 0.1) is 0 Å². The van der Waals surface area contributed by atoms with Crippen LogP contribution in [0.3, 0.4) is 0 Å². The van der Waals surface area contributed by atoms with E-state index in [-0.39, 0.29) is 11.6 Å². The van der Waals surface area contributed by atoms with E-state index in [1.807, 2.05) is 6.92 Å². The number of aryl methyl sites for hydroxylation is 1. The minimum absolute atomic E-state index is 0.241. The van der Waals surface area contributed by atoms with Gasteiger partial charge in [0.25, 0.3) is 0 Å². The first-order valence-electron chi connectivity index (χ1n) is 5.96. The standard InChI is InChI=1S/C15H14BrF2N/c1-10-2-3-13(17)6-11(10)8-19-9-12-7-14(18)4-5-15(12)16/h2-7,19H,8-9H2,1H3. The van der Waals surface area contributed by atoms with Crippen LogP contribution in [0.2, 0.25) is 0 Å². The maximum absolute atomic E-state index is 13.1. The minimum atomic E-state index is -0.262. The Morgan fingerprint density at radius 2 is 1.53 bits per heavy atom. The average Bonchev–Trinajstić information content (AvgIpc) is 2.38. The monoisotopic (exact) mass is 325 g/mol. The molecule has 0 aliphatic heterocycles. The number of halogens is 3. The Hall–Kier alpha value is -1.26. The van der Waals surface area contributed by atoms with Crippen LogP contribution in [0.1, 0.15) is 16.7 Å². The van der Waals surface area contributed by atoms with Gasteiger partial charge in [-0.3, -0.25) is 0 Å². The highest BCUT2D eigenvalue weighted by molar-refractivity contribution is 9.10. The van der Waals surface area contributed by atoms with E-state index >= 15 is 0 Å². The molecular weight excluding hydrogens is 312 g/mol. The summed E-state index contributed by atoms with van der Waals surface area (Å²) in [5.74, 6) is -0.503. The summed E-state index contributed by atoms with van der Waals surface area (Å²) in [6.45, 7) is 3.01. The lowest BCUT2D eigenvalue weighted by molar-refractivity contribution is 0.613. The van der Waals surface area contributed by atoms with E-state index in [0.717, 1.165) is 21.2 Å². The summed E-state index contributed by atoms with van der Waals surface area (Å²) < 4.78 is 27.1. The van der Waals surface area contributed by atoms with Crippen molar-refractivity contribution in [2.75, 3.05) is 0 Å². The maximum atomic E-state index is 13.1. The van der Waals surface area contributed by atoms with Crippen LogP contribution in [-0.4, -0.2) is 0 Å². The topological polar surface area (TPSA) is 12.0 Å². The van der Waals surface area contributed by atoms with Crippen LogP contribution < -0.4 is 5.32 Å². The Morgan fingerprint density at radius 3 is 2.26 bits per heavy atom. The van der Waals surface area contributed by atoms with Gasteiger partial charge in [-0.15, -0.1) is 0 Å². The van der Waals surface area contributed by atoms with E-state index in [9.17, 15) is 8.78 Å². The molecule has 0 atom stereocenters. The predicted molar refractivity (Wildman–Crippen MR) is 75.8 cm³/mol. The third-order valence-electron chi connectivity index (χ3n) is 2.95. The Kier molecular flexibility index (Phi) is 4.66. The highest BCUT2D eigenvalue weighted by atomic mass is 79.9. The molecule has 4 heteroatoms. The molecule has 0 saturated heterocycles. The fourth-order valence-corrected chi connectivity index (χ4v) is 2.23. The van der Waals surface area contributed by atoms with Crippen LogP contribution in [0.5, 0.6) is 0 Å². The molecule has 1 nitrogen and oxygen atoms in total. The molecule has 0 amide bonds. The van der Waals surface area contributed by atoms with Gasteiger partial charge in [-0.2, -0.15) is 0 Å². The lowest BCUT2D eigenvalue weighted by Crippen LogP contribution is -2.14. The SMILES string of the molecule is Cc1ccc(F)cc1CNCc1cc(F)ccc1Br. The van der Waals surface area contributed by atoms with E-state index in [1.165, 1.54) is 24.3 Å². The molecule has 0 saturated carbocycles. The zero-order chi connectivity index (χ0) is 13.8. The Bertz CT molecular complexity index is 533. The molecule has 2 rings (SSSR count). The van der Waals surface area contributed by atoms with E-state index in [0.29, 0.717) is 13.1 Å². The van der Waals surface area contributed by atoms with Crippen molar-refractivity contribution < 1.29 is 8.78 Å². The third kappa shape index (κ3) is 3.85. The van der Waals surface area contributed by atoms with Crippen molar-refractivity contribution in [3.05, 3.63) is 69.2 Å². The highest BCUT2D eigenvalue weighted by Crippen LogP contribution is 2.18. The molecule has 0 heterocycles. The molecule has 0 radical (unpaired) electrons. The molecule has 0 fully saturated rings. The van der Waals surface area contributed by atoms with Crippen molar-refractivity contribution in [1.29, 1.82) is 0 Å². The Balaban J connectivity index is 2.00. The average molecular weight is 326 g/mol. The molecule has 0 aromatic heterocycles. The molecule has 0 aliphatic carbocycles. The number of nitrogens with one attached hydrogen (secondary N) is 1. The normalized spacial score (nSPS) is 10.7. The van der Waals surface area contributed by atoms with Gasteiger partial charge in [-0.25, -0.2) is 8.78 Å². The van der Waals surface area contributed by atoms with Crippen LogP contribution in [0, 0.1) is 18.6 Å². The molecule has 2 aromatic rings. The second-order valence-electron chi connectivity index (χ2n) is 4.41. The smallest absolute Gasteiger partial charge is 0.123 e. The summed E-state index contributed by atoms with van der Waals surface area (Å²) in [7, 11) is 0. The first kappa shape index (κ1) is 14.2. The number of rotatable bonds is 4. The van der Waals surface area contributed by atoms with E-state index < -0.39 is 0 Å². The lowest BCUT2D eigenvalue weighted by atomic mass is 10.1. The summed E-state index contributed by atoms with van der Waals surface area (Å²) in [6, 6.07) is 9.29. The molecule has 0 bridgehead atoms. The van der Waals surface area contributed by atoms with Gasteiger partial charge in [0.1, 0.15) is 11.6 Å². The van der Waals surface area contributed by atoms with Crippen molar-refractivity contribution >= 4 is 15.9 Å². The Morgan fingerprint density at radius 1 is 0.947 bits per heavy atom. The van der Waals surface area contributed by atoms with Crippen LogP contribution in [0.25, 0.3) is 0 Å². The van der Waals surface area contributed by atoms with Gasteiger partial charge in [0, 0.05) is 17.6 Å². The number of benzene rings is 2. The molecule has 0 aliphatic rings. The van der Waals surface area contributed by atoms with Crippen LogP contribution >= 0.6 is 15.9 Å². The first-order chi connectivity index (χ1) is 9.06. The summed E-state index contributed by atoms with van der Waals surface area (Å²) >= 11 is 3.38. The molecule has 0 unspecified atom stereocenters. The van der Waals surface area contributed by atoms with Crippen molar-refractivity contribution in [2.45, 2.75) is 20.0 Å². The highest BCUT2D eigenvalue weighted by Gasteiger charge is 2.03. The van der Waals surface area contributed by atoms with Crippen molar-refractivity contribution in [3.63, 3.8) is 0 Å². The quantitative estimate of drug-likeness (QED) is 0.882. The van der Waals surface area contributed by atoms with Crippen LogP contribution in [0.15, 0.2) is 40.9 Å². The summed E-state index contributed by atoms with van der Waals surface area (Å²) in [5, 5.41) is 3.19. The maximum Gasteiger partial charge on any atom is 0.123 e. The zero-order valence-corrected chi connectivity index (χ0v) is 12.1. The van der Waals surface area contributed by atoms with Gasteiger partial charge >= 0.3 is 0 Å². The van der Waals surface area contributed by atoms with Crippen LogP contribution in [-0.2, 0) is 13.1 Å². The van der Waals surface area contributed by atoms with E-state index in [4.69, 9.17) is 0 Å². The van der Waals surface area contributed by atoms with Gasteiger partial charge in [-0.1, -0.05) is 22.0 Å². The lowest BCUT2D eigenvalue weighted by Gasteiger charge is -2.09. The van der Waals surface area contributed by atoms with Gasteiger partial charge in [-0.05, 0) is 53.9 Å². The molecule has 0 spiro atoms. The Labute approximate surface area is 119 Å². The third-order valence-corrected chi connectivity index (χ3v) is 3.72. The predicted octanol–water partition coefficient (Wildman–Crippen LogP) is 4.33. The zero-order valence-electron chi connectivity index (χ0n) is 10.5. The van der Waals surface area contributed by atoms with Gasteiger partial charge in [0.15, 0.2) is 0 Å². The number of hydrogen-bond donors (Lipinski definition) is 1. The molecule has 100 valence electrons.